The maximum absolute atomic E-state index is 12.9. The summed E-state index contributed by atoms with van der Waals surface area (Å²) in [7, 11) is 0. The largest absolute Gasteiger partial charge is 0.378 e. The highest BCUT2D eigenvalue weighted by Crippen LogP contribution is 2.19. The molecule has 186 valence electrons. The number of carbonyl (C=O) groups excluding carboxylic acids is 3. The number of hydrogen-bond acceptors (Lipinski definition) is 5. The van der Waals surface area contributed by atoms with E-state index in [1.54, 1.807) is 66.9 Å². The van der Waals surface area contributed by atoms with Gasteiger partial charge in [-0.2, -0.15) is 0 Å². The second-order valence-electron chi connectivity index (χ2n) is 8.62. The zero-order valence-corrected chi connectivity index (χ0v) is 20.1. The molecular weight excluding hydrogens is 468 g/mol. The molecule has 0 unspecified atom stereocenters. The summed E-state index contributed by atoms with van der Waals surface area (Å²) < 4.78 is 5.38. The Bertz CT molecular complexity index is 1370. The molecule has 5 rings (SSSR count). The normalized spacial score (nSPS) is 13.1. The van der Waals surface area contributed by atoms with Gasteiger partial charge in [0, 0.05) is 53.0 Å². The van der Waals surface area contributed by atoms with E-state index in [1.165, 1.54) is 0 Å². The van der Waals surface area contributed by atoms with Crippen LogP contribution >= 0.6 is 0 Å². The van der Waals surface area contributed by atoms with E-state index in [2.05, 4.69) is 20.5 Å². The van der Waals surface area contributed by atoms with Crippen molar-refractivity contribution in [1.29, 1.82) is 0 Å². The maximum atomic E-state index is 12.9. The summed E-state index contributed by atoms with van der Waals surface area (Å²) in [4.78, 5) is 42.8. The quantitative estimate of drug-likeness (QED) is 0.326. The predicted octanol–water partition coefficient (Wildman–Crippen LogP) is 4.59. The lowest BCUT2D eigenvalue weighted by Gasteiger charge is -2.28. The number of morpholine rings is 1. The molecule has 37 heavy (non-hydrogen) atoms. The average Bonchev–Trinajstić information content (AvgIpc) is 3.50. The Kier molecular flexibility index (Phi) is 7.09. The number of aromatic nitrogens is 1. The van der Waals surface area contributed by atoms with Gasteiger partial charge >= 0.3 is 0 Å². The minimum absolute atomic E-state index is 0.154. The lowest BCUT2D eigenvalue weighted by atomic mass is 10.0. The highest BCUT2D eigenvalue weighted by molar-refractivity contribution is 6.10. The van der Waals surface area contributed by atoms with Gasteiger partial charge in [0.1, 0.15) is 5.69 Å². The number of H-pyrrole nitrogens is 1. The van der Waals surface area contributed by atoms with E-state index in [0.717, 1.165) is 18.8 Å². The number of rotatable bonds is 7. The second kappa shape index (κ2) is 10.9. The first-order valence-electron chi connectivity index (χ1n) is 12.0. The van der Waals surface area contributed by atoms with E-state index in [0.29, 0.717) is 47.0 Å². The fraction of sp³-hybridized carbons (Fsp3) is 0.138. The van der Waals surface area contributed by atoms with Crippen LogP contribution in [0, 0.1) is 0 Å². The molecule has 8 heteroatoms. The third-order valence-electron chi connectivity index (χ3n) is 6.16. The van der Waals surface area contributed by atoms with Gasteiger partial charge in [0.25, 0.3) is 11.8 Å². The summed E-state index contributed by atoms with van der Waals surface area (Å²) in [5, 5.41) is 5.65. The molecule has 2 amide bonds. The lowest BCUT2D eigenvalue weighted by Crippen LogP contribution is -2.36. The number of nitrogens with zero attached hydrogens (tertiary/aromatic N) is 1. The van der Waals surface area contributed by atoms with E-state index in [-0.39, 0.29) is 17.6 Å². The molecule has 0 radical (unpaired) electrons. The summed E-state index contributed by atoms with van der Waals surface area (Å²) in [5.74, 6) is -0.627. The number of ketones is 1. The number of amides is 2. The smallest absolute Gasteiger partial charge is 0.272 e. The minimum atomic E-state index is -0.255. The minimum Gasteiger partial charge on any atom is -0.378 e. The van der Waals surface area contributed by atoms with Gasteiger partial charge in [0.2, 0.25) is 0 Å². The van der Waals surface area contributed by atoms with E-state index in [9.17, 15) is 14.4 Å². The highest BCUT2D eigenvalue weighted by atomic mass is 16.5. The number of benzene rings is 3. The van der Waals surface area contributed by atoms with Crippen molar-refractivity contribution in [2.45, 2.75) is 0 Å². The highest BCUT2D eigenvalue weighted by Gasteiger charge is 2.14. The van der Waals surface area contributed by atoms with Gasteiger partial charge in [-0.15, -0.1) is 0 Å². The molecule has 1 saturated heterocycles. The first kappa shape index (κ1) is 24.0. The molecule has 0 bridgehead atoms. The summed E-state index contributed by atoms with van der Waals surface area (Å²) >= 11 is 0. The van der Waals surface area contributed by atoms with Gasteiger partial charge < -0.3 is 25.3 Å². The molecular formula is C29H26N4O4. The topological polar surface area (TPSA) is 104 Å². The molecule has 0 spiro atoms. The van der Waals surface area contributed by atoms with Crippen LogP contribution in [0.3, 0.4) is 0 Å². The van der Waals surface area contributed by atoms with Crippen LogP contribution in [0.1, 0.15) is 36.8 Å². The Balaban J connectivity index is 1.18. The first-order chi connectivity index (χ1) is 18.1. The Labute approximate surface area is 214 Å². The second-order valence-corrected chi connectivity index (χ2v) is 8.62. The Morgan fingerprint density at radius 3 is 1.76 bits per heavy atom. The molecule has 3 N–H and O–H groups in total. The van der Waals surface area contributed by atoms with Crippen LogP contribution in [0.2, 0.25) is 0 Å². The molecule has 4 aromatic rings. The molecule has 0 atom stereocenters. The van der Waals surface area contributed by atoms with Gasteiger partial charge in [-0.3, -0.25) is 14.4 Å². The summed E-state index contributed by atoms with van der Waals surface area (Å²) in [6.45, 7) is 3.09. The van der Waals surface area contributed by atoms with Crippen LogP contribution in [0.4, 0.5) is 17.1 Å². The zero-order chi connectivity index (χ0) is 25.6. The number of anilines is 3. The van der Waals surface area contributed by atoms with Crippen LogP contribution in [-0.4, -0.2) is 48.9 Å². The Hall–Kier alpha value is -4.69. The van der Waals surface area contributed by atoms with Crippen molar-refractivity contribution >= 4 is 34.7 Å². The number of ether oxygens (including phenoxy) is 1. The van der Waals surface area contributed by atoms with Crippen LogP contribution < -0.4 is 15.5 Å². The van der Waals surface area contributed by atoms with Crippen LogP contribution in [0.5, 0.6) is 0 Å². The first-order valence-corrected chi connectivity index (χ1v) is 12.0. The SMILES string of the molecule is O=C(Nc1ccc(C(=O)c2ccc(NC(=O)c3ccc[nH]3)cc2)cc1)c1ccc(N2CCOCC2)cc1. The fourth-order valence-corrected chi connectivity index (χ4v) is 4.09. The van der Waals surface area contributed by atoms with Crippen molar-refractivity contribution < 1.29 is 19.1 Å². The summed E-state index contributed by atoms with van der Waals surface area (Å²) in [5.41, 5.74) is 4.26. The van der Waals surface area contributed by atoms with Crippen molar-refractivity contribution in [3.05, 3.63) is 114 Å². The molecule has 1 aromatic heterocycles. The van der Waals surface area contributed by atoms with Gasteiger partial charge in [-0.1, -0.05) is 0 Å². The maximum Gasteiger partial charge on any atom is 0.272 e. The molecule has 0 aliphatic carbocycles. The van der Waals surface area contributed by atoms with E-state index >= 15 is 0 Å². The molecule has 8 nitrogen and oxygen atoms in total. The third kappa shape index (κ3) is 5.76. The molecule has 0 saturated carbocycles. The van der Waals surface area contributed by atoms with Crippen LogP contribution in [0.25, 0.3) is 0 Å². The van der Waals surface area contributed by atoms with Gasteiger partial charge in [-0.25, -0.2) is 0 Å². The number of carbonyl (C=O) groups is 3. The van der Waals surface area contributed by atoms with Crippen LogP contribution in [-0.2, 0) is 4.74 Å². The molecule has 1 aliphatic heterocycles. The van der Waals surface area contributed by atoms with Gasteiger partial charge in [0.15, 0.2) is 5.78 Å². The fourth-order valence-electron chi connectivity index (χ4n) is 4.09. The number of nitrogens with one attached hydrogen (secondary N) is 3. The van der Waals surface area contributed by atoms with Crippen molar-refractivity contribution in [3.8, 4) is 0 Å². The van der Waals surface area contributed by atoms with E-state index in [4.69, 9.17) is 4.74 Å². The van der Waals surface area contributed by atoms with E-state index in [1.807, 2.05) is 24.3 Å². The van der Waals surface area contributed by atoms with Gasteiger partial charge in [-0.05, 0) is 84.9 Å². The Morgan fingerprint density at radius 2 is 1.22 bits per heavy atom. The standard InChI is InChI=1S/C29H26N4O4/c34-27(21-5-11-24(12-6-21)32-29(36)26-2-1-15-30-26)20-3-9-23(10-4-20)31-28(35)22-7-13-25(14-8-22)33-16-18-37-19-17-33/h1-15,30H,16-19H2,(H,31,35)(H,32,36). The van der Waals surface area contributed by atoms with Crippen molar-refractivity contribution in [2.75, 3.05) is 41.8 Å². The monoisotopic (exact) mass is 494 g/mol. The van der Waals surface area contributed by atoms with E-state index < -0.39 is 0 Å². The van der Waals surface area contributed by atoms with Gasteiger partial charge in [0.05, 0.1) is 13.2 Å². The van der Waals surface area contributed by atoms with Crippen LogP contribution in [0.15, 0.2) is 91.1 Å². The molecule has 1 fully saturated rings. The number of hydrogen-bond donors (Lipinski definition) is 3. The summed E-state index contributed by atoms with van der Waals surface area (Å²) in [6, 6.07) is 24.4. The third-order valence-corrected chi connectivity index (χ3v) is 6.16. The Morgan fingerprint density at radius 1 is 0.676 bits per heavy atom. The van der Waals surface area contributed by atoms with Crippen molar-refractivity contribution in [1.82, 2.24) is 4.98 Å². The summed E-state index contributed by atoms with van der Waals surface area (Å²) in [6.07, 6.45) is 1.68. The predicted molar refractivity (Wildman–Crippen MR) is 142 cm³/mol. The average molecular weight is 495 g/mol. The molecule has 3 aromatic carbocycles. The lowest BCUT2D eigenvalue weighted by molar-refractivity contribution is 0.101. The zero-order valence-electron chi connectivity index (χ0n) is 20.1. The van der Waals surface area contributed by atoms with Crippen molar-refractivity contribution in [3.63, 3.8) is 0 Å². The van der Waals surface area contributed by atoms with Crippen molar-refractivity contribution in [2.24, 2.45) is 0 Å². The molecule has 2 heterocycles. The molecule has 1 aliphatic rings. The number of aromatic amines is 1.